The summed E-state index contributed by atoms with van der Waals surface area (Å²) in [5.74, 6) is 1.28. The number of urea groups is 1. The van der Waals surface area contributed by atoms with Crippen LogP contribution < -0.4 is 19.7 Å². The highest BCUT2D eigenvalue weighted by atomic mass is 16.5. The minimum Gasteiger partial charge on any atom is -0.495 e. The normalized spacial score (nSPS) is 14.1. The lowest BCUT2D eigenvalue weighted by atomic mass is 10.2. The van der Waals surface area contributed by atoms with Gasteiger partial charge in [-0.3, -0.25) is 0 Å². The van der Waals surface area contributed by atoms with Gasteiger partial charge in [-0.25, -0.2) is 9.78 Å². The van der Waals surface area contributed by atoms with Crippen molar-refractivity contribution in [1.29, 1.82) is 0 Å². The van der Waals surface area contributed by atoms with Gasteiger partial charge in [-0.05, 0) is 37.6 Å². The van der Waals surface area contributed by atoms with Gasteiger partial charge in [-0.15, -0.1) is 0 Å². The van der Waals surface area contributed by atoms with Crippen LogP contribution in [-0.4, -0.2) is 56.3 Å². The molecule has 3 rings (SSSR count). The molecule has 7 nitrogen and oxygen atoms in total. The average Bonchev–Trinajstić information content (AvgIpc) is 2.70. The van der Waals surface area contributed by atoms with Crippen molar-refractivity contribution in [3.8, 4) is 11.6 Å². The molecule has 2 aromatic rings. The molecule has 144 valence electrons. The molecule has 1 aliphatic rings. The Kier molecular flexibility index (Phi) is 5.69. The topological polar surface area (TPSA) is 66.9 Å². The lowest BCUT2D eigenvalue weighted by Crippen LogP contribution is -2.50. The van der Waals surface area contributed by atoms with Gasteiger partial charge in [0.25, 0.3) is 0 Å². The van der Waals surface area contributed by atoms with Crippen LogP contribution in [0.3, 0.4) is 0 Å². The van der Waals surface area contributed by atoms with E-state index in [1.165, 1.54) is 0 Å². The Morgan fingerprint density at radius 1 is 1.07 bits per heavy atom. The first-order valence-electron chi connectivity index (χ1n) is 8.99. The number of hydrogen-bond acceptors (Lipinski definition) is 5. The molecule has 0 unspecified atom stereocenters. The van der Waals surface area contributed by atoms with Crippen LogP contribution in [-0.2, 0) is 0 Å². The van der Waals surface area contributed by atoms with Crippen molar-refractivity contribution in [2.45, 2.75) is 13.8 Å². The second kappa shape index (κ2) is 8.16. The second-order valence-electron chi connectivity index (χ2n) is 6.52. The zero-order valence-corrected chi connectivity index (χ0v) is 16.3. The van der Waals surface area contributed by atoms with Crippen LogP contribution in [0.25, 0.3) is 0 Å². The molecule has 0 spiro atoms. The fourth-order valence-corrected chi connectivity index (χ4v) is 3.16. The van der Waals surface area contributed by atoms with Gasteiger partial charge < -0.3 is 24.6 Å². The van der Waals surface area contributed by atoms with E-state index in [0.717, 1.165) is 35.8 Å². The monoisotopic (exact) mass is 370 g/mol. The lowest BCUT2D eigenvalue weighted by molar-refractivity contribution is 0.208. The van der Waals surface area contributed by atoms with Crippen LogP contribution in [0.2, 0.25) is 0 Å². The first-order valence-corrected chi connectivity index (χ1v) is 8.99. The van der Waals surface area contributed by atoms with Crippen molar-refractivity contribution in [3.05, 3.63) is 41.6 Å². The third-order valence-electron chi connectivity index (χ3n) is 4.86. The number of amides is 2. The average molecular weight is 370 g/mol. The van der Waals surface area contributed by atoms with Gasteiger partial charge in [-0.2, -0.15) is 0 Å². The fraction of sp³-hybridized carbons (Fsp3) is 0.400. The van der Waals surface area contributed by atoms with Crippen LogP contribution in [0.5, 0.6) is 11.6 Å². The molecule has 1 aliphatic heterocycles. The summed E-state index contributed by atoms with van der Waals surface area (Å²) < 4.78 is 10.7. The number of aryl methyl sites for hydroxylation is 2. The molecule has 1 aromatic carbocycles. The third kappa shape index (κ3) is 4.07. The highest BCUT2D eigenvalue weighted by molar-refractivity contribution is 5.91. The molecular weight excluding hydrogens is 344 g/mol. The summed E-state index contributed by atoms with van der Waals surface area (Å²) in [7, 11) is 3.23. The van der Waals surface area contributed by atoms with Crippen LogP contribution in [0.1, 0.15) is 11.3 Å². The molecule has 2 heterocycles. The van der Waals surface area contributed by atoms with Gasteiger partial charge in [0, 0.05) is 31.9 Å². The molecule has 1 N–H and O–H groups in total. The molecule has 0 atom stereocenters. The Bertz CT molecular complexity index is 817. The Hall–Kier alpha value is -2.96. The number of nitrogens with zero attached hydrogens (tertiary/aromatic N) is 3. The van der Waals surface area contributed by atoms with Gasteiger partial charge in [0.15, 0.2) is 0 Å². The van der Waals surface area contributed by atoms with Crippen molar-refractivity contribution < 1.29 is 14.3 Å². The predicted octanol–water partition coefficient (Wildman–Crippen LogP) is 3.07. The quantitative estimate of drug-likeness (QED) is 0.896. The van der Waals surface area contributed by atoms with E-state index in [2.05, 4.69) is 15.2 Å². The smallest absolute Gasteiger partial charge is 0.322 e. The second-order valence-corrected chi connectivity index (χ2v) is 6.52. The van der Waals surface area contributed by atoms with Crippen molar-refractivity contribution in [3.63, 3.8) is 0 Å². The molecular formula is C20H26N4O3. The van der Waals surface area contributed by atoms with E-state index in [0.29, 0.717) is 24.7 Å². The van der Waals surface area contributed by atoms with E-state index < -0.39 is 0 Å². The van der Waals surface area contributed by atoms with E-state index in [-0.39, 0.29) is 6.03 Å². The number of para-hydroxylation sites is 2. The molecule has 0 saturated carbocycles. The molecule has 2 amide bonds. The Labute approximate surface area is 159 Å². The standard InChI is InChI=1S/C20H26N4O3/c1-14-13-16(19(27-4)21-15(14)2)22-20(25)24-11-9-23(10-12-24)17-7-5-6-8-18(17)26-3/h5-8,13H,9-12H2,1-4H3,(H,22,25). The molecule has 1 aromatic heterocycles. The zero-order valence-electron chi connectivity index (χ0n) is 16.3. The number of anilines is 2. The fourth-order valence-electron chi connectivity index (χ4n) is 3.16. The molecule has 1 saturated heterocycles. The number of benzene rings is 1. The van der Waals surface area contributed by atoms with Crippen LogP contribution >= 0.6 is 0 Å². The Morgan fingerprint density at radius 2 is 1.78 bits per heavy atom. The number of piperazine rings is 1. The maximum absolute atomic E-state index is 12.7. The number of hydrogen-bond donors (Lipinski definition) is 1. The van der Waals surface area contributed by atoms with Crippen molar-refractivity contribution >= 4 is 17.4 Å². The summed E-state index contributed by atoms with van der Waals surface area (Å²) in [6.07, 6.45) is 0. The minimum atomic E-state index is -0.141. The van der Waals surface area contributed by atoms with Gasteiger partial charge in [0.1, 0.15) is 11.4 Å². The predicted molar refractivity (Wildman–Crippen MR) is 106 cm³/mol. The molecule has 7 heteroatoms. The number of ether oxygens (including phenoxy) is 2. The van der Waals surface area contributed by atoms with Crippen molar-refractivity contribution in [2.75, 3.05) is 50.6 Å². The number of rotatable bonds is 4. The van der Waals surface area contributed by atoms with E-state index >= 15 is 0 Å². The minimum absolute atomic E-state index is 0.141. The maximum atomic E-state index is 12.7. The van der Waals surface area contributed by atoms with Crippen molar-refractivity contribution in [1.82, 2.24) is 9.88 Å². The van der Waals surface area contributed by atoms with E-state index in [1.807, 2.05) is 44.2 Å². The first kappa shape index (κ1) is 18.8. The maximum Gasteiger partial charge on any atom is 0.322 e. The zero-order chi connectivity index (χ0) is 19.4. The largest absolute Gasteiger partial charge is 0.495 e. The highest BCUT2D eigenvalue weighted by Gasteiger charge is 2.23. The van der Waals surface area contributed by atoms with E-state index in [1.54, 1.807) is 19.1 Å². The van der Waals surface area contributed by atoms with Gasteiger partial charge in [-0.1, -0.05) is 12.1 Å². The Morgan fingerprint density at radius 3 is 2.44 bits per heavy atom. The first-order chi connectivity index (χ1) is 13.0. The molecule has 1 fully saturated rings. The molecule has 0 bridgehead atoms. The summed E-state index contributed by atoms with van der Waals surface area (Å²) in [5, 5.41) is 2.93. The SMILES string of the molecule is COc1ccccc1N1CCN(C(=O)Nc2cc(C)c(C)nc2OC)CC1. The Balaban J connectivity index is 1.65. The van der Waals surface area contributed by atoms with Gasteiger partial charge >= 0.3 is 6.03 Å². The van der Waals surface area contributed by atoms with Crippen molar-refractivity contribution in [2.24, 2.45) is 0 Å². The van der Waals surface area contributed by atoms with E-state index in [9.17, 15) is 4.79 Å². The number of aromatic nitrogens is 1. The van der Waals surface area contributed by atoms with Gasteiger partial charge in [0.2, 0.25) is 5.88 Å². The number of pyridine rings is 1. The summed E-state index contributed by atoms with van der Waals surface area (Å²) >= 11 is 0. The summed E-state index contributed by atoms with van der Waals surface area (Å²) in [4.78, 5) is 21.1. The number of methoxy groups -OCH3 is 2. The summed E-state index contributed by atoms with van der Waals surface area (Å²) in [5.41, 5.74) is 3.54. The number of carbonyl (C=O) groups is 1. The number of carbonyl (C=O) groups excluding carboxylic acids is 1. The molecule has 0 aliphatic carbocycles. The summed E-state index contributed by atoms with van der Waals surface area (Å²) in [6.45, 7) is 6.63. The highest BCUT2D eigenvalue weighted by Crippen LogP contribution is 2.29. The molecule has 0 radical (unpaired) electrons. The summed E-state index contributed by atoms with van der Waals surface area (Å²) in [6, 6.07) is 9.70. The van der Waals surface area contributed by atoms with E-state index in [4.69, 9.17) is 9.47 Å². The third-order valence-corrected chi connectivity index (χ3v) is 4.86. The van der Waals surface area contributed by atoms with Crippen LogP contribution in [0, 0.1) is 13.8 Å². The van der Waals surface area contributed by atoms with Crippen LogP contribution in [0.4, 0.5) is 16.2 Å². The lowest BCUT2D eigenvalue weighted by Gasteiger charge is -2.36. The van der Waals surface area contributed by atoms with Crippen LogP contribution in [0.15, 0.2) is 30.3 Å². The molecule has 27 heavy (non-hydrogen) atoms. The van der Waals surface area contributed by atoms with Gasteiger partial charge in [0.05, 0.1) is 19.9 Å². The number of nitrogens with one attached hydrogen (secondary N) is 1.